The highest BCUT2D eigenvalue weighted by Crippen LogP contribution is 2.27. The van der Waals surface area contributed by atoms with Gasteiger partial charge in [-0.3, -0.25) is 4.79 Å². The van der Waals surface area contributed by atoms with Gasteiger partial charge in [-0.25, -0.2) is 18.5 Å². The lowest BCUT2D eigenvalue weighted by molar-refractivity contribution is 0.102. The molecule has 0 radical (unpaired) electrons. The molecule has 1 heterocycles. The van der Waals surface area contributed by atoms with Crippen molar-refractivity contribution in [3.63, 3.8) is 0 Å². The lowest BCUT2D eigenvalue weighted by Gasteiger charge is -2.16. The number of rotatable bonds is 6. The van der Waals surface area contributed by atoms with Gasteiger partial charge in [-0.1, -0.05) is 23.9 Å². The second kappa shape index (κ2) is 7.93. The van der Waals surface area contributed by atoms with Gasteiger partial charge in [-0.15, -0.1) is 0 Å². The summed E-state index contributed by atoms with van der Waals surface area (Å²) in [6.45, 7) is 2.66. The number of Topliss-reactive ketones (excluding diaryl/α,β-unsaturated/α-hetero) is 1. The molecule has 0 spiro atoms. The number of imidazole rings is 1. The molecule has 0 atom stereocenters. The Kier molecular flexibility index (Phi) is 5.50. The smallest absolute Gasteiger partial charge is 0.238 e. The molecule has 29 heavy (non-hydrogen) atoms. The molecule has 1 aliphatic rings. The van der Waals surface area contributed by atoms with Crippen molar-refractivity contribution in [2.45, 2.75) is 49.2 Å². The Labute approximate surface area is 174 Å². The molecule has 0 saturated heterocycles. The lowest BCUT2D eigenvalue weighted by atomic mass is 9.90. The van der Waals surface area contributed by atoms with Crippen LogP contribution < -0.4 is 5.14 Å². The fourth-order valence-corrected chi connectivity index (χ4v) is 5.31. The van der Waals surface area contributed by atoms with Gasteiger partial charge in [0.05, 0.1) is 21.7 Å². The Hall–Kier alpha value is -2.16. The Morgan fingerprint density at radius 1 is 1.14 bits per heavy atom. The monoisotopic (exact) mass is 429 g/mol. The number of hydrogen-bond acceptors (Lipinski definition) is 5. The third-order valence-electron chi connectivity index (χ3n) is 5.33. The van der Waals surface area contributed by atoms with Crippen LogP contribution in [-0.2, 0) is 29.4 Å². The minimum Gasteiger partial charge on any atom is -0.319 e. The van der Waals surface area contributed by atoms with Gasteiger partial charge < -0.3 is 4.57 Å². The predicted octanol–water partition coefficient (Wildman–Crippen LogP) is 3.56. The summed E-state index contributed by atoms with van der Waals surface area (Å²) in [7, 11) is -3.78. The van der Waals surface area contributed by atoms with Gasteiger partial charge in [0.25, 0.3) is 0 Å². The van der Waals surface area contributed by atoms with Gasteiger partial charge in [-0.2, -0.15) is 0 Å². The highest BCUT2D eigenvalue weighted by atomic mass is 32.2. The van der Waals surface area contributed by atoms with Crippen molar-refractivity contribution in [2.75, 3.05) is 5.75 Å². The second-order valence-corrected chi connectivity index (χ2v) is 9.74. The van der Waals surface area contributed by atoms with Gasteiger partial charge in [0, 0.05) is 12.1 Å². The standard InChI is InChI=1S/C21H23N3O3S2/c1-2-24-19-10-9-17(29(22,26)27)12-18(19)23-21(24)28-13-20(25)16-8-7-14-5-3-4-6-15(14)11-16/h7-12H,2-6,13H2,1H3,(H2,22,26,27). The van der Waals surface area contributed by atoms with E-state index in [1.807, 2.05) is 23.6 Å². The van der Waals surface area contributed by atoms with Crippen molar-refractivity contribution < 1.29 is 13.2 Å². The van der Waals surface area contributed by atoms with E-state index in [9.17, 15) is 13.2 Å². The van der Waals surface area contributed by atoms with Gasteiger partial charge in [-0.05, 0) is 68.0 Å². The molecule has 0 aliphatic heterocycles. The van der Waals surface area contributed by atoms with Crippen LogP contribution in [0.1, 0.15) is 41.3 Å². The Morgan fingerprint density at radius 2 is 1.90 bits per heavy atom. The summed E-state index contributed by atoms with van der Waals surface area (Å²) in [5.74, 6) is 0.354. The second-order valence-electron chi connectivity index (χ2n) is 7.24. The molecule has 1 aliphatic carbocycles. The number of hydrogen-bond donors (Lipinski definition) is 1. The van der Waals surface area contributed by atoms with Crippen LogP contribution in [0.25, 0.3) is 11.0 Å². The average Bonchev–Trinajstić information content (AvgIpc) is 3.07. The minimum atomic E-state index is -3.78. The zero-order chi connectivity index (χ0) is 20.6. The number of thioether (sulfide) groups is 1. The predicted molar refractivity (Wildman–Crippen MR) is 115 cm³/mol. The number of primary sulfonamides is 1. The summed E-state index contributed by atoms with van der Waals surface area (Å²) in [6.07, 6.45) is 4.54. The average molecular weight is 430 g/mol. The van der Waals surface area contributed by atoms with Crippen molar-refractivity contribution in [3.05, 3.63) is 53.1 Å². The number of nitrogens with zero attached hydrogens (tertiary/aromatic N) is 2. The number of aromatic nitrogens is 2. The quantitative estimate of drug-likeness (QED) is 0.477. The van der Waals surface area contributed by atoms with Gasteiger partial charge in [0.2, 0.25) is 10.0 Å². The van der Waals surface area contributed by atoms with Gasteiger partial charge in [0.15, 0.2) is 10.9 Å². The Morgan fingerprint density at radius 3 is 2.62 bits per heavy atom. The fraction of sp³-hybridized carbons (Fsp3) is 0.333. The molecule has 0 saturated carbocycles. The molecule has 0 amide bonds. The molecule has 4 rings (SSSR count). The first-order valence-corrected chi connectivity index (χ1v) is 12.2. The van der Waals surface area contributed by atoms with E-state index in [-0.39, 0.29) is 16.4 Å². The maximum absolute atomic E-state index is 12.8. The van der Waals surface area contributed by atoms with Crippen LogP contribution in [0.15, 0.2) is 46.5 Å². The highest BCUT2D eigenvalue weighted by Gasteiger charge is 2.17. The zero-order valence-electron chi connectivity index (χ0n) is 16.2. The largest absolute Gasteiger partial charge is 0.319 e. The molecular weight excluding hydrogens is 406 g/mol. The molecular formula is C21H23N3O3S2. The van der Waals surface area contributed by atoms with Gasteiger partial charge in [0.1, 0.15) is 0 Å². The van der Waals surface area contributed by atoms with Crippen molar-refractivity contribution in [1.29, 1.82) is 0 Å². The molecule has 0 fully saturated rings. The number of carbonyl (C=O) groups excluding carboxylic acids is 1. The lowest BCUT2D eigenvalue weighted by Crippen LogP contribution is -2.11. The zero-order valence-corrected chi connectivity index (χ0v) is 17.9. The van der Waals surface area contributed by atoms with Crippen LogP contribution in [0.2, 0.25) is 0 Å². The van der Waals surface area contributed by atoms with Crippen LogP contribution >= 0.6 is 11.8 Å². The van der Waals surface area contributed by atoms with E-state index in [1.54, 1.807) is 6.07 Å². The van der Waals surface area contributed by atoms with Crippen LogP contribution in [0.5, 0.6) is 0 Å². The maximum Gasteiger partial charge on any atom is 0.238 e. The summed E-state index contributed by atoms with van der Waals surface area (Å²) < 4.78 is 25.2. The molecule has 1 aromatic heterocycles. The topological polar surface area (TPSA) is 95.0 Å². The molecule has 152 valence electrons. The third-order valence-corrected chi connectivity index (χ3v) is 7.22. The SMILES string of the molecule is CCn1c(SCC(=O)c2ccc3c(c2)CCCC3)nc2cc(S(N)(=O)=O)ccc21. The van der Waals surface area contributed by atoms with E-state index in [0.29, 0.717) is 17.2 Å². The van der Waals surface area contributed by atoms with E-state index >= 15 is 0 Å². The van der Waals surface area contributed by atoms with Crippen molar-refractivity contribution in [1.82, 2.24) is 9.55 Å². The number of aryl methyl sites for hydroxylation is 3. The van der Waals surface area contributed by atoms with Crippen molar-refractivity contribution in [2.24, 2.45) is 5.14 Å². The number of benzene rings is 2. The summed E-state index contributed by atoms with van der Waals surface area (Å²) >= 11 is 1.37. The van der Waals surface area contributed by atoms with Crippen LogP contribution in [0.3, 0.4) is 0 Å². The number of carbonyl (C=O) groups is 1. The van der Waals surface area contributed by atoms with Crippen molar-refractivity contribution >= 4 is 38.6 Å². The number of sulfonamides is 1. The number of fused-ring (bicyclic) bond motifs is 2. The summed E-state index contributed by atoms with van der Waals surface area (Å²) in [5.41, 5.74) is 4.78. The normalized spacial score (nSPS) is 14.1. The molecule has 2 aromatic carbocycles. The molecule has 3 aromatic rings. The fourth-order valence-electron chi connectivity index (χ4n) is 3.80. The first-order chi connectivity index (χ1) is 13.9. The summed E-state index contributed by atoms with van der Waals surface area (Å²) in [6, 6.07) is 10.7. The van der Waals surface area contributed by atoms with E-state index in [1.165, 1.54) is 47.9 Å². The van der Waals surface area contributed by atoms with Crippen molar-refractivity contribution in [3.8, 4) is 0 Å². The van der Waals surface area contributed by atoms with E-state index < -0.39 is 10.0 Å². The highest BCUT2D eigenvalue weighted by molar-refractivity contribution is 7.99. The molecule has 2 N–H and O–H groups in total. The van der Waals surface area contributed by atoms with E-state index in [0.717, 1.165) is 23.9 Å². The summed E-state index contributed by atoms with van der Waals surface area (Å²) in [5, 5.41) is 5.92. The van der Waals surface area contributed by atoms with Crippen LogP contribution in [-0.4, -0.2) is 29.5 Å². The third kappa shape index (κ3) is 4.10. The maximum atomic E-state index is 12.8. The first kappa shape index (κ1) is 20.1. The summed E-state index contributed by atoms with van der Waals surface area (Å²) in [4.78, 5) is 17.3. The van der Waals surface area contributed by atoms with Gasteiger partial charge >= 0.3 is 0 Å². The molecule has 0 unspecified atom stereocenters. The van der Waals surface area contributed by atoms with E-state index in [4.69, 9.17) is 5.14 Å². The first-order valence-electron chi connectivity index (χ1n) is 9.67. The Balaban J connectivity index is 1.56. The molecule has 0 bridgehead atoms. The minimum absolute atomic E-state index is 0.0347. The van der Waals surface area contributed by atoms with Crippen LogP contribution in [0, 0.1) is 0 Å². The number of nitrogens with two attached hydrogens (primary N) is 1. The van der Waals surface area contributed by atoms with Crippen LogP contribution in [0.4, 0.5) is 0 Å². The number of ketones is 1. The Bertz CT molecular complexity index is 1200. The molecule has 8 heteroatoms. The molecule has 6 nitrogen and oxygen atoms in total. The van der Waals surface area contributed by atoms with E-state index in [2.05, 4.69) is 11.1 Å².